The van der Waals surface area contributed by atoms with Crippen molar-refractivity contribution in [1.29, 1.82) is 5.41 Å². The Balaban J connectivity index is 0.000000546. The van der Waals surface area contributed by atoms with Crippen molar-refractivity contribution in [3.05, 3.63) is 47.9 Å². The van der Waals surface area contributed by atoms with Gasteiger partial charge in [0.15, 0.2) is 5.82 Å². The van der Waals surface area contributed by atoms with Gasteiger partial charge in [-0.05, 0) is 64.5 Å². The Labute approximate surface area is 234 Å². The Hall–Kier alpha value is -4.12. The number of pyridine rings is 1. The van der Waals surface area contributed by atoms with E-state index in [1.165, 1.54) is 45.3 Å². The molecule has 0 bridgehead atoms. The fourth-order valence-corrected chi connectivity index (χ4v) is 5.20. The minimum Gasteiger partial charge on any atom is -0.467 e. The van der Waals surface area contributed by atoms with Crippen LogP contribution in [0, 0.1) is 18.2 Å². The Morgan fingerprint density at radius 2 is 1.95 bits per heavy atom. The molecule has 10 nitrogen and oxygen atoms in total. The first kappa shape index (κ1) is 28.9. The molecule has 40 heavy (non-hydrogen) atoms. The summed E-state index contributed by atoms with van der Waals surface area (Å²) in [5.41, 5.74) is 8.08. The van der Waals surface area contributed by atoms with E-state index in [-0.39, 0.29) is 29.2 Å². The molecule has 1 unspecified atom stereocenters. The number of nitrogens with one attached hydrogen (secondary N) is 1. The quantitative estimate of drug-likeness (QED) is 0.281. The lowest BCUT2D eigenvalue weighted by Crippen LogP contribution is -2.53. The highest BCUT2D eigenvalue weighted by atomic mass is 19.1. The maximum absolute atomic E-state index is 16.0. The van der Waals surface area contributed by atoms with Crippen LogP contribution in [0.25, 0.3) is 22.2 Å². The summed E-state index contributed by atoms with van der Waals surface area (Å²) in [6.45, 7) is 11.4. The van der Waals surface area contributed by atoms with Crippen LogP contribution in [-0.2, 0) is 4.79 Å². The molecular formula is C29H37FN8O2. The van der Waals surface area contributed by atoms with Crippen LogP contribution in [0.2, 0.25) is 0 Å². The number of amides is 1. The van der Waals surface area contributed by atoms with Crippen LogP contribution in [0.5, 0.6) is 6.01 Å². The molecule has 3 N–H and O–H groups in total. The Kier molecular flexibility index (Phi) is 8.93. The number of carbonyl (C=O) groups is 1. The van der Waals surface area contributed by atoms with E-state index < -0.39 is 5.82 Å². The van der Waals surface area contributed by atoms with E-state index in [0.29, 0.717) is 47.7 Å². The van der Waals surface area contributed by atoms with Crippen LogP contribution in [0.4, 0.5) is 15.9 Å². The summed E-state index contributed by atoms with van der Waals surface area (Å²) in [5, 5.41) is 8.20. The van der Waals surface area contributed by atoms with Gasteiger partial charge < -0.3 is 30.6 Å². The number of nitrogens with two attached hydrogens (primary N) is 1. The molecule has 2 aromatic heterocycles. The second-order valence-electron chi connectivity index (χ2n) is 10.2. The zero-order chi connectivity index (χ0) is 29.0. The van der Waals surface area contributed by atoms with Gasteiger partial charge in [0.2, 0.25) is 5.91 Å². The number of fused-ring (bicyclic) bond motifs is 1. The second-order valence-corrected chi connectivity index (χ2v) is 10.2. The summed E-state index contributed by atoms with van der Waals surface area (Å²) >= 11 is 0. The number of rotatable bonds is 5. The highest BCUT2D eigenvalue weighted by Gasteiger charge is 2.30. The Morgan fingerprint density at radius 1 is 1.23 bits per heavy atom. The molecular weight excluding hydrogens is 511 g/mol. The van der Waals surface area contributed by atoms with Gasteiger partial charge in [-0.3, -0.25) is 9.78 Å². The minimum atomic E-state index is -0.649. The molecule has 4 heterocycles. The Morgan fingerprint density at radius 3 is 2.52 bits per heavy atom. The smallest absolute Gasteiger partial charge is 0.318 e. The maximum atomic E-state index is 16.0. The molecule has 5 rings (SSSR count). The third-order valence-electron chi connectivity index (χ3n) is 7.41. The van der Waals surface area contributed by atoms with Gasteiger partial charge in [-0.25, -0.2) is 4.39 Å². The summed E-state index contributed by atoms with van der Waals surface area (Å²) in [4.78, 5) is 31.3. The first-order valence-corrected chi connectivity index (χ1v) is 13.4. The lowest BCUT2D eigenvalue weighted by molar-refractivity contribution is -0.126. The molecule has 2 aliphatic rings. The lowest BCUT2D eigenvalue weighted by Gasteiger charge is -2.40. The number of hydrogen-bond donors (Lipinski definition) is 2. The molecule has 3 aromatic rings. The fraction of sp³-hybridized carbons (Fsp3) is 0.414. The van der Waals surface area contributed by atoms with E-state index in [1.54, 1.807) is 17.0 Å². The number of piperazine rings is 1. The van der Waals surface area contributed by atoms with Crippen molar-refractivity contribution in [2.75, 3.05) is 57.5 Å². The van der Waals surface area contributed by atoms with Gasteiger partial charge in [0, 0.05) is 54.9 Å². The number of benzene rings is 1. The van der Waals surface area contributed by atoms with Gasteiger partial charge in [0.25, 0.3) is 0 Å². The van der Waals surface area contributed by atoms with Crippen molar-refractivity contribution >= 4 is 34.5 Å². The minimum absolute atomic E-state index is 0.0203. The molecule has 1 aromatic carbocycles. The molecule has 0 saturated carbocycles. The van der Waals surface area contributed by atoms with Gasteiger partial charge in [-0.15, -0.1) is 0 Å². The molecule has 0 aliphatic carbocycles. The topological polar surface area (TPSA) is 125 Å². The number of anilines is 2. The standard InChI is InChI=1S/C24H26FN7O2.C5H11N/c1-5-18(33)31-8-9-32(14(3)12-31)23-16-11-28-22(20(25)21(16)29-24(30-23)34-4)19-13(2)6-7-17(27)15(19)10-26;1-6-4-2-3-5-6/h5-7,10-11,14,26H,1,8-9,12,27H2,2-4H3;2-5H2,1H3. The third kappa shape index (κ3) is 5.74. The number of likely N-dealkylation sites (tertiary alicyclic amines) is 1. The molecule has 0 spiro atoms. The number of nitrogen functional groups attached to an aromatic ring is 1. The average molecular weight is 549 g/mol. The summed E-state index contributed by atoms with van der Waals surface area (Å²) < 4.78 is 21.2. The highest BCUT2D eigenvalue weighted by molar-refractivity contribution is 5.98. The van der Waals surface area contributed by atoms with E-state index in [0.717, 1.165) is 11.8 Å². The van der Waals surface area contributed by atoms with E-state index in [4.69, 9.17) is 15.9 Å². The monoisotopic (exact) mass is 548 g/mol. The van der Waals surface area contributed by atoms with Crippen LogP contribution >= 0.6 is 0 Å². The van der Waals surface area contributed by atoms with E-state index >= 15 is 4.39 Å². The number of methoxy groups -OCH3 is 1. The number of hydrogen-bond acceptors (Lipinski definition) is 9. The number of aryl methyl sites for hydroxylation is 1. The van der Waals surface area contributed by atoms with E-state index in [9.17, 15) is 4.79 Å². The van der Waals surface area contributed by atoms with Crippen LogP contribution in [0.15, 0.2) is 31.0 Å². The van der Waals surface area contributed by atoms with Crippen molar-refractivity contribution in [3.8, 4) is 17.3 Å². The zero-order valence-corrected chi connectivity index (χ0v) is 23.6. The number of carbonyl (C=O) groups excluding carboxylic acids is 1. The predicted octanol–water partition coefficient (Wildman–Crippen LogP) is 3.66. The van der Waals surface area contributed by atoms with Crippen molar-refractivity contribution in [1.82, 2.24) is 24.8 Å². The highest BCUT2D eigenvalue weighted by Crippen LogP contribution is 2.36. The number of aromatic nitrogens is 3. The van der Waals surface area contributed by atoms with Crippen LogP contribution < -0.4 is 15.4 Å². The van der Waals surface area contributed by atoms with E-state index in [1.807, 2.05) is 18.7 Å². The van der Waals surface area contributed by atoms with Gasteiger partial charge in [0.1, 0.15) is 17.0 Å². The molecule has 0 radical (unpaired) electrons. The van der Waals surface area contributed by atoms with Crippen LogP contribution in [0.3, 0.4) is 0 Å². The molecule has 2 saturated heterocycles. The summed E-state index contributed by atoms with van der Waals surface area (Å²) in [5.74, 6) is -0.299. The van der Waals surface area contributed by atoms with Crippen molar-refractivity contribution < 1.29 is 13.9 Å². The molecule has 11 heteroatoms. The number of ether oxygens (including phenoxy) is 1. The van der Waals surface area contributed by atoms with Gasteiger partial charge >= 0.3 is 6.01 Å². The maximum Gasteiger partial charge on any atom is 0.318 e. The predicted molar refractivity (Wildman–Crippen MR) is 157 cm³/mol. The van der Waals surface area contributed by atoms with Crippen molar-refractivity contribution in [2.45, 2.75) is 32.7 Å². The SMILES string of the molecule is C=CC(=O)N1CCN(c2nc(OC)nc3c(F)c(-c4c(C)ccc(N)c4C=N)ncc23)C(C)C1.CN1CCCC1. The largest absolute Gasteiger partial charge is 0.467 e. The summed E-state index contributed by atoms with van der Waals surface area (Å²) in [6.07, 6.45) is 6.76. The number of nitrogens with zero attached hydrogens (tertiary/aromatic N) is 6. The molecule has 1 amide bonds. The zero-order valence-electron chi connectivity index (χ0n) is 23.6. The molecule has 1 atom stereocenters. The average Bonchev–Trinajstić information content (AvgIpc) is 3.45. The van der Waals surface area contributed by atoms with Gasteiger partial charge in [-0.2, -0.15) is 9.97 Å². The molecule has 2 aliphatic heterocycles. The van der Waals surface area contributed by atoms with E-state index in [2.05, 4.69) is 33.5 Å². The number of halogens is 1. The lowest BCUT2D eigenvalue weighted by atomic mass is 9.96. The second kappa shape index (κ2) is 12.4. The summed E-state index contributed by atoms with van der Waals surface area (Å²) in [7, 11) is 3.59. The van der Waals surface area contributed by atoms with Gasteiger partial charge in [-0.1, -0.05) is 12.6 Å². The van der Waals surface area contributed by atoms with Crippen molar-refractivity contribution in [2.24, 2.45) is 0 Å². The van der Waals surface area contributed by atoms with Crippen LogP contribution in [0.1, 0.15) is 30.9 Å². The first-order chi connectivity index (χ1) is 19.2. The fourth-order valence-electron chi connectivity index (χ4n) is 5.20. The Bertz CT molecular complexity index is 1420. The van der Waals surface area contributed by atoms with Crippen molar-refractivity contribution in [3.63, 3.8) is 0 Å². The normalized spacial score (nSPS) is 17.4. The molecule has 212 valence electrons. The van der Waals surface area contributed by atoms with Gasteiger partial charge in [0.05, 0.1) is 12.5 Å². The summed E-state index contributed by atoms with van der Waals surface area (Å²) in [6, 6.07) is 3.37. The first-order valence-electron chi connectivity index (χ1n) is 13.4. The van der Waals surface area contributed by atoms with Crippen LogP contribution in [-0.4, -0.2) is 89.8 Å². The molecule has 2 fully saturated rings. The third-order valence-corrected chi connectivity index (χ3v) is 7.41.